The second-order valence-electron chi connectivity index (χ2n) is 7.00. The molecule has 1 atom stereocenters. The van der Waals surface area contributed by atoms with Gasteiger partial charge in [-0.2, -0.15) is 0 Å². The van der Waals surface area contributed by atoms with Crippen molar-refractivity contribution >= 4 is 17.0 Å². The van der Waals surface area contributed by atoms with Gasteiger partial charge in [-0.25, -0.2) is 19.9 Å². The minimum absolute atomic E-state index is 0.0654. The summed E-state index contributed by atoms with van der Waals surface area (Å²) in [6, 6.07) is 0.0654. The van der Waals surface area contributed by atoms with Gasteiger partial charge in [0.1, 0.15) is 12.2 Å². The Balaban J connectivity index is 1.53. The Labute approximate surface area is 145 Å². The molecule has 8 heteroatoms. The van der Waals surface area contributed by atoms with Crippen LogP contribution in [0.3, 0.4) is 0 Å². The number of hydrogen-bond acceptors (Lipinski definition) is 6. The zero-order valence-corrected chi connectivity index (χ0v) is 14.2. The van der Waals surface area contributed by atoms with E-state index in [2.05, 4.69) is 36.3 Å². The van der Waals surface area contributed by atoms with Crippen LogP contribution < -0.4 is 4.90 Å². The molecule has 25 heavy (non-hydrogen) atoms. The van der Waals surface area contributed by atoms with E-state index in [1.165, 1.54) is 5.69 Å². The van der Waals surface area contributed by atoms with Crippen LogP contribution in [0, 0.1) is 12.8 Å². The smallest absolute Gasteiger partial charge is 0.165 e. The van der Waals surface area contributed by atoms with Crippen LogP contribution in [0.25, 0.3) is 11.2 Å². The van der Waals surface area contributed by atoms with Gasteiger partial charge in [-0.1, -0.05) is 0 Å². The van der Waals surface area contributed by atoms with Gasteiger partial charge in [0.2, 0.25) is 0 Å². The molecule has 0 amide bonds. The molecule has 3 aromatic rings. The van der Waals surface area contributed by atoms with Crippen LogP contribution in [0.15, 0.2) is 18.9 Å². The van der Waals surface area contributed by atoms with Crippen molar-refractivity contribution < 1.29 is 5.11 Å². The van der Waals surface area contributed by atoms with E-state index in [-0.39, 0.29) is 12.6 Å². The quantitative estimate of drug-likeness (QED) is 0.771. The third-order valence-corrected chi connectivity index (χ3v) is 5.41. The van der Waals surface area contributed by atoms with E-state index in [9.17, 15) is 5.11 Å². The highest BCUT2D eigenvalue weighted by atomic mass is 16.3. The number of aromatic nitrogens is 6. The first-order valence-corrected chi connectivity index (χ1v) is 8.80. The van der Waals surface area contributed by atoms with Crippen LogP contribution in [-0.2, 0) is 13.1 Å². The monoisotopic (exact) mass is 339 g/mol. The Bertz CT molecular complexity index is 926. The third-order valence-electron chi connectivity index (χ3n) is 5.41. The summed E-state index contributed by atoms with van der Waals surface area (Å²) in [4.78, 5) is 20.3. The summed E-state index contributed by atoms with van der Waals surface area (Å²) in [5, 5.41) is 9.78. The summed E-state index contributed by atoms with van der Waals surface area (Å²) in [5.74, 6) is 2.44. The van der Waals surface area contributed by atoms with Crippen LogP contribution in [0.5, 0.6) is 0 Å². The standard InChI is InChI=1S/C17H21N7O/c1-11-6-18-14-7-22(4-5-23(11)14)16-15-17(20-9-19-16)24(10-21-15)13(8-25)12-2-3-12/h6,9-10,12-13,25H,2-5,7-8H2,1H3. The molecule has 0 radical (unpaired) electrons. The molecule has 5 rings (SSSR count). The van der Waals surface area contributed by atoms with Gasteiger partial charge in [0, 0.05) is 25.0 Å². The van der Waals surface area contributed by atoms with E-state index in [1.54, 1.807) is 12.7 Å². The van der Waals surface area contributed by atoms with E-state index in [0.29, 0.717) is 5.92 Å². The first-order valence-electron chi connectivity index (χ1n) is 8.80. The zero-order valence-electron chi connectivity index (χ0n) is 14.2. The van der Waals surface area contributed by atoms with Crippen LogP contribution >= 0.6 is 0 Å². The zero-order chi connectivity index (χ0) is 17.0. The van der Waals surface area contributed by atoms with Crippen LogP contribution in [0.1, 0.15) is 30.4 Å². The third kappa shape index (κ3) is 2.31. The molecule has 0 saturated heterocycles. The molecule has 0 bridgehead atoms. The maximum atomic E-state index is 9.78. The normalized spacial score (nSPS) is 18.6. The molecular formula is C17H21N7O. The Morgan fingerprint density at radius 1 is 1.20 bits per heavy atom. The predicted molar refractivity (Wildman–Crippen MR) is 92.2 cm³/mol. The summed E-state index contributed by atoms with van der Waals surface area (Å²) < 4.78 is 4.27. The van der Waals surface area contributed by atoms with Crippen LogP contribution in [-0.4, -0.2) is 47.3 Å². The number of fused-ring (bicyclic) bond motifs is 2. The van der Waals surface area contributed by atoms with E-state index in [1.807, 2.05) is 10.8 Å². The van der Waals surface area contributed by atoms with Crippen molar-refractivity contribution in [3.8, 4) is 0 Å². The van der Waals surface area contributed by atoms with Gasteiger partial charge >= 0.3 is 0 Å². The fourth-order valence-corrected chi connectivity index (χ4v) is 3.85. The molecular weight excluding hydrogens is 318 g/mol. The van der Waals surface area contributed by atoms with Crippen LogP contribution in [0.4, 0.5) is 5.82 Å². The number of aliphatic hydroxyl groups excluding tert-OH is 1. The Kier molecular flexibility index (Phi) is 3.27. The van der Waals surface area contributed by atoms with Gasteiger partial charge in [-0.3, -0.25) is 0 Å². The fraction of sp³-hybridized carbons (Fsp3) is 0.529. The summed E-state index contributed by atoms with van der Waals surface area (Å²) in [5.41, 5.74) is 2.81. The molecule has 4 heterocycles. The minimum Gasteiger partial charge on any atom is -0.394 e. The molecule has 1 unspecified atom stereocenters. The molecule has 8 nitrogen and oxygen atoms in total. The van der Waals surface area contributed by atoms with Gasteiger partial charge < -0.3 is 19.1 Å². The van der Waals surface area contributed by atoms with E-state index < -0.39 is 0 Å². The Morgan fingerprint density at radius 2 is 2.08 bits per heavy atom. The molecule has 3 aromatic heterocycles. The van der Waals surface area contributed by atoms with E-state index in [4.69, 9.17) is 0 Å². The average molecular weight is 339 g/mol. The highest BCUT2D eigenvalue weighted by Crippen LogP contribution is 2.40. The highest BCUT2D eigenvalue weighted by Gasteiger charge is 2.33. The van der Waals surface area contributed by atoms with Crippen LogP contribution in [0.2, 0.25) is 0 Å². The van der Waals surface area contributed by atoms with Crippen molar-refractivity contribution in [3.63, 3.8) is 0 Å². The van der Waals surface area contributed by atoms with Crippen molar-refractivity contribution in [2.75, 3.05) is 18.1 Å². The maximum Gasteiger partial charge on any atom is 0.165 e. The summed E-state index contributed by atoms with van der Waals surface area (Å²) >= 11 is 0. The SMILES string of the molecule is Cc1cnc2n1CCN(c1ncnc3c1ncn3C(CO)C1CC1)C2. The Hall–Kier alpha value is -2.48. The second-order valence-corrected chi connectivity index (χ2v) is 7.00. The second kappa shape index (κ2) is 5.52. The minimum atomic E-state index is 0.0654. The van der Waals surface area contributed by atoms with Gasteiger partial charge in [0.05, 0.1) is 25.5 Å². The van der Waals surface area contributed by atoms with Crippen molar-refractivity contribution in [1.29, 1.82) is 0 Å². The summed E-state index contributed by atoms with van der Waals surface area (Å²) in [6.07, 6.45) is 7.65. The number of anilines is 1. The topological polar surface area (TPSA) is 84.9 Å². The molecule has 130 valence electrons. The fourth-order valence-electron chi connectivity index (χ4n) is 3.85. The maximum absolute atomic E-state index is 9.78. The lowest BCUT2D eigenvalue weighted by atomic mass is 10.2. The number of hydrogen-bond donors (Lipinski definition) is 1. The number of nitrogens with zero attached hydrogens (tertiary/aromatic N) is 7. The van der Waals surface area contributed by atoms with Crippen molar-refractivity contribution in [2.45, 2.75) is 38.9 Å². The van der Waals surface area contributed by atoms with Gasteiger partial charge in [0.15, 0.2) is 17.0 Å². The van der Waals surface area contributed by atoms with Gasteiger partial charge in [-0.05, 0) is 25.7 Å². The van der Waals surface area contributed by atoms with Crippen molar-refractivity contribution in [2.24, 2.45) is 5.92 Å². The van der Waals surface area contributed by atoms with Crippen molar-refractivity contribution in [1.82, 2.24) is 29.1 Å². The number of aliphatic hydroxyl groups is 1. The molecule has 1 aliphatic heterocycles. The van der Waals surface area contributed by atoms with E-state index >= 15 is 0 Å². The number of imidazole rings is 2. The molecule has 1 saturated carbocycles. The number of rotatable bonds is 4. The average Bonchev–Trinajstić information content (AvgIpc) is 3.28. The first-order chi connectivity index (χ1) is 12.3. The van der Waals surface area contributed by atoms with E-state index in [0.717, 1.165) is 55.3 Å². The molecule has 1 aliphatic carbocycles. The van der Waals surface area contributed by atoms with Crippen molar-refractivity contribution in [3.05, 3.63) is 30.4 Å². The lowest BCUT2D eigenvalue weighted by molar-refractivity contribution is 0.214. The summed E-state index contributed by atoms with van der Waals surface area (Å²) in [6.45, 7) is 4.70. The number of aryl methyl sites for hydroxylation is 1. The molecule has 0 spiro atoms. The molecule has 1 N–H and O–H groups in total. The Morgan fingerprint density at radius 3 is 2.88 bits per heavy atom. The largest absolute Gasteiger partial charge is 0.394 e. The molecule has 1 fully saturated rings. The van der Waals surface area contributed by atoms with Gasteiger partial charge in [-0.15, -0.1) is 0 Å². The lowest BCUT2D eigenvalue weighted by Crippen LogP contribution is -2.35. The predicted octanol–water partition coefficient (Wildman–Crippen LogP) is 1.29. The lowest BCUT2D eigenvalue weighted by Gasteiger charge is -2.29. The first kappa shape index (κ1) is 14.8. The van der Waals surface area contributed by atoms with Gasteiger partial charge in [0.25, 0.3) is 0 Å². The molecule has 0 aromatic carbocycles. The molecule has 2 aliphatic rings. The summed E-state index contributed by atoms with van der Waals surface area (Å²) in [7, 11) is 0. The highest BCUT2D eigenvalue weighted by molar-refractivity contribution is 5.83.